The molecule has 0 aliphatic carbocycles. The van der Waals surface area contributed by atoms with E-state index in [1.165, 1.54) is 12.5 Å². The van der Waals surface area contributed by atoms with Crippen molar-refractivity contribution in [3.8, 4) is 5.75 Å². The number of benzene rings is 1. The lowest BCUT2D eigenvalue weighted by atomic mass is 10.1. The lowest BCUT2D eigenvalue weighted by molar-refractivity contribution is -0.0157. The van der Waals surface area contributed by atoms with Gasteiger partial charge in [0.2, 0.25) is 0 Å². The summed E-state index contributed by atoms with van der Waals surface area (Å²) in [6, 6.07) is 9.44. The highest BCUT2D eigenvalue weighted by Gasteiger charge is 2.30. The van der Waals surface area contributed by atoms with Crippen molar-refractivity contribution >= 4 is 9.84 Å². The molecule has 1 N–H and O–H groups in total. The fourth-order valence-electron chi connectivity index (χ4n) is 2.79. The standard InChI is InChI=1S/C16H21N3O4S/c1-24(20,21)15-11-17-18-16(15)14-12-22-9-7-19(14)8-10-23-13-5-3-2-4-6-13/h2-6,11,14H,7-10,12H2,1H3,(H,17,18)/t14-/m0/s1. The predicted octanol–water partition coefficient (Wildman–Crippen LogP) is 1.27. The molecular weight excluding hydrogens is 330 g/mol. The maximum Gasteiger partial charge on any atom is 0.178 e. The van der Waals surface area contributed by atoms with Crippen molar-refractivity contribution < 1.29 is 17.9 Å². The molecule has 0 radical (unpaired) electrons. The molecule has 1 aliphatic heterocycles. The summed E-state index contributed by atoms with van der Waals surface area (Å²) in [4.78, 5) is 2.39. The second-order valence-electron chi connectivity index (χ2n) is 5.71. The molecule has 0 unspecified atom stereocenters. The van der Waals surface area contributed by atoms with Crippen molar-refractivity contribution in [2.24, 2.45) is 0 Å². The van der Waals surface area contributed by atoms with Crippen molar-refractivity contribution in [2.75, 3.05) is 39.2 Å². The van der Waals surface area contributed by atoms with Gasteiger partial charge in [-0.2, -0.15) is 5.10 Å². The van der Waals surface area contributed by atoms with Crippen LogP contribution in [0.15, 0.2) is 41.4 Å². The van der Waals surface area contributed by atoms with E-state index in [2.05, 4.69) is 15.1 Å². The number of hydrogen-bond donors (Lipinski definition) is 1. The quantitative estimate of drug-likeness (QED) is 0.844. The van der Waals surface area contributed by atoms with Gasteiger partial charge >= 0.3 is 0 Å². The summed E-state index contributed by atoms with van der Waals surface area (Å²) in [6.07, 6.45) is 2.55. The molecule has 7 nitrogen and oxygen atoms in total. The van der Waals surface area contributed by atoms with Gasteiger partial charge in [0.1, 0.15) is 17.3 Å². The molecule has 1 aromatic heterocycles. The smallest absolute Gasteiger partial charge is 0.178 e. The van der Waals surface area contributed by atoms with Crippen LogP contribution in [-0.4, -0.2) is 62.7 Å². The first kappa shape index (κ1) is 16.9. The van der Waals surface area contributed by atoms with E-state index in [-0.39, 0.29) is 10.9 Å². The lowest BCUT2D eigenvalue weighted by Gasteiger charge is -2.35. The van der Waals surface area contributed by atoms with Crippen LogP contribution in [-0.2, 0) is 14.6 Å². The number of rotatable bonds is 6. The topological polar surface area (TPSA) is 84.5 Å². The molecule has 3 rings (SSSR count). The van der Waals surface area contributed by atoms with Crippen LogP contribution >= 0.6 is 0 Å². The Balaban J connectivity index is 1.69. The van der Waals surface area contributed by atoms with Gasteiger partial charge in [0.15, 0.2) is 9.84 Å². The maximum absolute atomic E-state index is 11.9. The summed E-state index contributed by atoms with van der Waals surface area (Å²) in [5.74, 6) is 0.820. The molecule has 1 saturated heterocycles. The van der Waals surface area contributed by atoms with E-state index < -0.39 is 9.84 Å². The Bertz CT molecular complexity index is 761. The molecule has 8 heteroatoms. The first-order valence-corrected chi connectivity index (χ1v) is 9.68. The van der Waals surface area contributed by atoms with Crippen LogP contribution in [0.2, 0.25) is 0 Å². The number of ether oxygens (including phenoxy) is 2. The van der Waals surface area contributed by atoms with Crippen molar-refractivity contribution in [3.63, 3.8) is 0 Å². The van der Waals surface area contributed by atoms with Crippen LogP contribution in [0, 0.1) is 0 Å². The molecule has 1 atom stereocenters. The lowest BCUT2D eigenvalue weighted by Crippen LogP contribution is -2.42. The highest BCUT2D eigenvalue weighted by molar-refractivity contribution is 7.90. The number of morpholine rings is 1. The van der Waals surface area contributed by atoms with Crippen molar-refractivity contribution in [1.82, 2.24) is 15.1 Å². The average molecular weight is 351 g/mol. The average Bonchev–Trinajstić information content (AvgIpc) is 3.06. The fourth-order valence-corrected chi connectivity index (χ4v) is 3.61. The second-order valence-corrected chi connectivity index (χ2v) is 7.69. The molecule has 2 aromatic rings. The third kappa shape index (κ3) is 3.95. The number of nitrogens with one attached hydrogen (secondary N) is 1. The molecule has 1 fully saturated rings. The molecule has 0 amide bonds. The van der Waals surface area contributed by atoms with Gasteiger partial charge in [-0.05, 0) is 12.1 Å². The van der Waals surface area contributed by atoms with E-state index in [0.717, 1.165) is 5.75 Å². The Morgan fingerprint density at radius 1 is 1.38 bits per heavy atom. The van der Waals surface area contributed by atoms with Crippen LogP contribution in [0.1, 0.15) is 11.7 Å². The molecule has 1 aromatic carbocycles. The Morgan fingerprint density at radius 3 is 2.92 bits per heavy atom. The van der Waals surface area contributed by atoms with E-state index in [1.54, 1.807) is 0 Å². The summed E-state index contributed by atoms with van der Waals surface area (Å²) in [5, 5.41) is 6.74. The monoisotopic (exact) mass is 351 g/mol. The van der Waals surface area contributed by atoms with Gasteiger partial charge in [-0.1, -0.05) is 18.2 Å². The van der Waals surface area contributed by atoms with Gasteiger partial charge in [0.25, 0.3) is 0 Å². The minimum absolute atomic E-state index is 0.176. The normalized spacial score (nSPS) is 19.3. The van der Waals surface area contributed by atoms with Gasteiger partial charge in [-0.25, -0.2) is 8.42 Å². The first-order chi connectivity index (χ1) is 11.6. The third-order valence-corrected chi connectivity index (χ3v) is 5.12. The number of sulfone groups is 1. The summed E-state index contributed by atoms with van der Waals surface area (Å²) in [7, 11) is -3.33. The van der Waals surface area contributed by atoms with E-state index in [9.17, 15) is 8.42 Å². The van der Waals surface area contributed by atoms with Gasteiger partial charge in [-0.15, -0.1) is 0 Å². The van der Waals surface area contributed by atoms with Crippen molar-refractivity contribution in [3.05, 3.63) is 42.2 Å². The molecule has 130 valence electrons. The second kappa shape index (κ2) is 7.33. The van der Waals surface area contributed by atoms with Crippen molar-refractivity contribution in [1.29, 1.82) is 0 Å². The van der Waals surface area contributed by atoms with E-state index in [1.807, 2.05) is 30.3 Å². The summed E-state index contributed by atoms with van der Waals surface area (Å²) in [5.41, 5.74) is 0.580. The largest absolute Gasteiger partial charge is 0.492 e. The minimum atomic E-state index is -3.33. The zero-order valence-corrected chi connectivity index (χ0v) is 14.3. The number of para-hydroxylation sites is 1. The van der Waals surface area contributed by atoms with Gasteiger partial charge in [0.05, 0.1) is 31.1 Å². The molecule has 1 aliphatic rings. The molecule has 2 heterocycles. The van der Waals surface area contributed by atoms with Crippen LogP contribution in [0.5, 0.6) is 5.75 Å². The van der Waals surface area contributed by atoms with Crippen LogP contribution in [0.25, 0.3) is 0 Å². The van der Waals surface area contributed by atoms with E-state index in [4.69, 9.17) is 9.47 Å². The van der Waals surface area contributed by atoms with Gasteiger partial charge in [-0.3, -0.25) is 10.00 Å². The van der Waals surface area contributed by atoms with Crippen LogP contribution < -0.4 is 4.74 Å². The highest BCUT2D eigenvalue weighted by atomic mass is 32.2. The van der Waals surface area contributed by atoms with E-state index in [0.29, 0.717) is 38.6 Å². The molecule has 0 spiro atoms. The van der Waals surface area contributed by atoms with Crippen molar-refractivity contribution in [2.45, 2.75) is 10.9 Å². The predicted molar refractivity (Wildman–Crippen MR) is 88.8 cm³/mol. The van der Waals surface area contributed by atoms with Crippen LogP contribution in [0.4, 0.5) is 0 Å². The number of hydrogen-bond acceptors (Lipinski definition) is 6. The SMILES string of the molecule is CS(=O)(=O)c1cn[nH]c1[C@@H]1COCCN1CCOc1ccccc1. The highest BCUT2D eigenvalue weighted by Crippen LogP contribution is 2.27. The third-order valence-electron chi connectivity index (χ3n) is 3.99. The zero-order valence-electron chi connectivity index (χ0n) is 13.5. The van der Waals surface area contributed by atoms with Gasteiger partial charge in [0, 0.05) is 19.3 Å². The van der Waals surface area contributed by atoms with Crippen LogP contribution in [0.3, 0.4) is 0 Å². The summed E-state index contributed by atoms with van der Waals surface area (Å²) < 4.78 is 35.1. The Hall–Kier alpha value is -1.90. The minimum Gasteiger partial charge on any atom is -0.492 e. The summed E-state index contributed by atoms with van der Waals surface area (Å²) in [6.45, 7) is 2.94. The summed E-state index contributed by atoms with van der Waals surface area (Å²) >= 11 is 0. The Labute approximate surface area is 141 Å². The zero-order chi connectivity index (χ0) is 17.0. The first-order valence-electron chi connectivity index (χ1n) is 7.78. The molecular formula is C16H21N3O4S. The Morgan fingerprint density at radius 2 is 2.17 bits per heavy atom. The molecule has 0 saturated carbocycles. The Kier molecular flexibility index (Phi) is 5.17. The van der Waals surface area contributed by atoms with Gasteiger partial charge < -0.3 is 9.47 Å². The maximum atomic E-state index is 11.9. The number of H-pyrrole nitrogens is 1. The van der Waals surface area contributed by atoms with E-state index >= 15 is 0 Å². The molecule has 0 bridgehead atoms. The number of aromatic amines is 1. The number of aromatic nitrogens is 2. The molecule has 24 heavy (non-hydrogen) atoms. The number of nitrogens with zero attached hydrogens (tertiary/aromatic N) is 2. The fraction of sp³-hybridized carbons (Fsp3) is 0.438.